The minimum Gasteiger partial charge on any atom is -0.395 e. The molecule has 0 amide bonds. The predicted octanol–water partition coefficient (Wildman–Crippen LogP) is 1.50. The van der Waals surface area contributed by atoms with E-state index in [9.17, 15) is 5.11 Å². The summed E-state index contributed by atoms with van der Waals surface area (Å²) in [7, 11) is 2.02. The molecule has 1 aliphatic carbocycles. The van der Waals surface area contributed by atoms with Crippen molar-refractivity contribution in [2.45, 2.75) is 43.5 Å². The lowest BCUT2D eigenvalue weighted by atomic mass is 9.92. The lowest BCUT2D eigenvalue weighted by molar-refractivity contribution is 0.267. The second-order valence-electron chi connectivity index (χ2n) is 5.03. The molecule has 0 bridgehead atoms. The van der Waals surface area contributed by atoms with Gasteiger partial charge in [-0.1, -0.05) is 0 Å². The third kappa shape index (κ3) is 2.73. The van der Waals surface area contributed by atoms with Gasteiger partial charge in [0, 0.05) is 35.6 Å². The lowest BCUT2D eigenvalue weighted by Gasteiger charge is -2.30. The van der Waals surface area contributed by atoms with Crippen LogP contribution in [0.4, 0.5) is 0 Å². The van der Waals surface area contributed by atoms with Gasteiger partial charge in [-0.25, -0.2) is 0 Å². The zero-order valence-electron chi connectivity index (χ0n) is 11.4. The summed E-state index contributed by atoms with van der Waals surface area (Å²) in [4.78, 5) is 0. The van der Waals surface area contributed by atoms with Crippen molar-refractivity contribution in [1.82, 2.24) is 15.1 Å². The Bertz CT molecular complexity index is 390. The lowest BCUT2D eigenvalue weighted by Crippen LogP contribution is -2.40. The number of nitrogens with zero attached hydrogens (tertiary/aromatic N) is 2. The van der Waals surface area contributed by atoms with E-state index in [-0.39, 0.29) is 11.9 Å². The Morgan fingerprint density at radius 3 is 3.11 bits per heavy atom. The average molecular weight is 269 g/mol. The van der Waals surface area contributed by atoms with Gasteiger partial charge in [0.25, 0.3) is 0 Å². The van der Waals surface area contributed by atoms with E-state index in [1.54, 1.807) is 11.8 Å². The fourth-order valence-corrected chi connectivity index (χ4v) is 3.38. The smallest absolute Gasteiger partial charge is 0.0564 e. The average Bonchev–Trinajstić information content (AvgIpc) is 2.74. The summed E-state index contributed by atoms with van der Waals surface area (Å²) < 4.78 is 1.99. The highest BCUT2D eigenvalue weighted by atomic mass is 32.2. The van der Waals surface area contributed by atoms with Crippen molar-refractivity contribution in [2.24, 2.45) is 7.05 Å². The molecule has 0 saturated heterocycles. The Morgan fingerprint density at radius 2 is 2.44 bits per heavy atom. The molecule has 3 unspecified atom stereocenters. The van der Waals surface area contributed by atoms with Crippen LogP contribution in [0.2, 0.25) is 0 Å². The molecule has 1 heterocycles. The van der Waals surface area contributed by atoms with E-state index in [2.05, 4.69) is 23.6 Å². The molecule has 0 spiro atoms. The Balaban J connectivity index is 2.07. The van der Waals surface area contributed by atoms with Crippen LogP contribution < -0.4 is 5.32 Å². The highest BCUT2D eigenvalue weighted by Gasteiger charge is 2.26. The van der Waals surface area contributed by atoms with Crippen molar-refractivity contribution in [2.75, 3.05) is 12.9 Å². The molecular weight excluding hydrogens is 246 g/mol. The van der Waals surface area contributed by atoms with Crippen molar-refractivity contribution in [1.29, 1.82) is 0 Å². The maximum atomic E-state index is 9.35. The Labute approximate surface area is 113 Å². The number of aromatic nitrogens is 2. The quantitative estimate of drug-likeness (QED) is 0.850. The molecule has 0 fully saturated rings. The first-order valence-corrected chi connectivity index (χ1v) is 7.86. The zero-order chi connectivity index (χ0) is 13.1. The largest absolute Gasteiger partial charge is 0.395 e. The van der Waals surface area contributed by atoms with Crippen molar-refractivity contribution in [3.05, 3.63) is 17.5 Å². The molecule has 18 heavy (non-hydrogen) atoms. The first-order chi connectivity index (χ1) is 8.67. The Morgan fingerprint density at radius 1 is 1.67 bits per heavy atom. The first kappa shape index (κ1) is 13.9. The van der Waals surface area contributed by atoms with Crippen LogP contribution in [0.5, 0.6) is 0 Å². The summed E-state index contributed by atoms with van der Waals surface area (Å²) in [6.45, 7) is 2.38. The molecule has 1 aromatic rings. The third-order valence-electron chi connectivity index (χ3n) is 3.88. The third-order valence-corrected chi connectivity index (χ3v) is 5.04. The molecule has 5 heteroatoms. The molecule has 1 aliphatic rings. The normalized spacial score (nSPS) is 22.6. The summed E-state index contributed by atoms with van der Waals surface area (Å²) in [6, 6.07) is 0.694. The van der Waals surface area contributed by atoms with Gasteiger partial charge in [0.2, 0.25) is 0 Å². The van der Waals surface area contributed by atoms with E-state index >= 15 is 0 Å². The van der Waals surface area contributed by atoms with Crippen LogP contribution in [0.25, 0.3) is 0 Å². The Hall–Kier alpha value is -0.520. The summed E-state index contributed by atoms with van der Waals surface area (Å²) in [5.74, 6) is 0. The van der Waals surface area contributed by atoms with E-state index < -0.39 is 0 Å². The van der Waals surface area contributed by atoms with E-state index in [1.807, 2.05) is 17.9 Å². The van der Waals surface area contributed by atoms with Crippen LogP contribution in [0, 0.1) is 0 Å². The van der Waals surface area contributed by atoms with Crippen molar-refractivity contribution >= 4 is 11.8 Å². The molecule has 0 radical (unpaired) electrons. The molecule has 102 valence electrons. The maximum absolute atomic E-state index is 9.35. The number of aryl methyl sites for hydroxylation is 1. The molecular formula is C13H23N3OS. The molecule has 0 aliphatic heterocycles. The van der Waals surface area contributed by atoms with E-state index in [0.717, 1.165) is 12.8 Å². The fourth-order valence-electron chi connectivity index (χ4n) is 2.74. The molecule has 3 atom stereocenters. The number of thioether (sulfide) groups is 1. The van der Waals surface area contributed by atoms with Crippen molar-refractivity contribution in [3.8, 4) is 0 Å². The van der Waals surface area contributed by atoms with Crippen LogP contribution in [0.15, 0.2) is 6.20 Å². The first-order valence-electron chi connectivity index (χ1n) is 6.57. The second-order valence-corrected chi connectivity index (χ2v) is 6.10. The number of aliphatic hydroxyl groups is 1. The van der Waals surface area contributed by atoms with Gasteiger partial charge in [-0.05, 0) is 32.4 Å². The zero-order valence-corrected chi connectivity index (χ0v) is 12.2. The minimum atomic E-state index is 0.224. The predicted molar refractivity (Wildman–Crippen MR) is 75.9 cm³/mol. The van der Waals surface area contributed by atoms with Gasteiger partial charge in [0.1, 0.15) is 0 Å². The number of hydrogen-bond donors (Lipinski definition) is 2. The number of rotatable bonds is 5. The number of fused-ring (bicyclic) bond motifs is 1. The van der Waals surface area contributed by atoms with E-state index in [0.29, 0.717) is 12.1 Å². The highest BCUT2D eigenvalue weighted by Crippen LogP contribution is 2.30. The van der Waals surface area contributed by atoms with Crippen LogP contribution >= 0.6 is 11.8 Å². The van der Waals surface area contributed by atoms with Gasteiger partial charge in [0.15, 0.2) is 0 Å². The van der Waals surface area contributed by atoms with Crippen LogP contribution in [0.1, 0.15) is 37.1 Å². The van der Waals surface area contributed by atoms with Gasteiger partial charge in [-0.15, -0.1) is 0 Å². The minimum absolute atomic E-state index is 0.224. The molecule has 0 aromatic carbocycles. The van der Waals surface area contributed by atoms with E-state index in [1.165, 1.54) is 17.7 Å². The van der Waals surface area contributed by atoms with Gasteiger partial charge in [-0.2, -0.15) is 16.9 Å². The van der Waals surface area contributed by atoms with Crippen LogP contribution in [-0.2, 0) is 13.5 Å². The topological polar surface area (TPSA) is 50.1 Å². The molecule has 1 aromatic heterocycles. The van der Waals surface area contributed by atoms with Crippen molar-refractivity contribution < 1.29 is 5.11 Å². The second kappa shape index (κ2) is 6.08. The van der Waals surface area contributed by atoms with Gasteiger partial charge in [-0.3, -0.25) is 4.68 Å². The highest BCUT2D eigenvalue weighted by molar-refractivity contribution is 7.99. The number of aliphatic hydroxyl groups excluding tert-OH is 1. The molecule has 4 nitrogen and oxygen atoms in total. The summed E-state index contributed by atoms with van der Waals surface area (Å²) in [5, 5.41) is 17.6. The molecule has 2 N–H and O–H groups in total. The van der Waals surface area contributed by atoms with Gasteiger partial charge in [0.05, 0.1) is 12.8 Å². The summed E-state index contributed by atoms with van der Waals surface area (Å²) in [5.41, 5.74) is 2.70. The fraction of sp³-hybridized carbons (Fsp3) is 0.769. The Kier molecular flexibility index (Phi) is 4.70. The number of hydrogen-bond acceptors (Lipinski definition) is 4. The summed E-state index contributed by atoms with van der Waals surface area (Å²) in [6.07, 6.45) is 7.54. The van der Waals surface area contributed by atoms with E-state index in [4.69, 9.17) is 0 Å². The van der Waals surface area contributed by atoms with Gasteiger partial charge < -0.3 is 10.4 Å². The number of nitrogens with one attached hydrogen (secondary N) is 1. The monoisotopic (exact) mass is 269 g/mol. The van der Waals surface area contributed by atoms with Crippen LogP contribution in [0.3, 0.4) is 0 Å². The van der Waals surface area contributed by atoms with Crippen molar-refractivity contribution in [3.63, 3.8) is 0 Å². The molecule has 2 rings (SSSR count). The van der Waals surface area contributed by atoms with Crippen LogP contribution in [-0.4, -0.2) is 39.0 Å². The molecule has 0 saturated carbocycles. The van der Waals surface area contributed by atoms with Gasteiger partial charge >= 0.3 is 0 Å². The maximum Gasteiger partial charge on any atom is 0.0564 e. The summed E-state index contributed by atoms with van der Waals surface area (Å²) >= 11 is 1.72. The SMILES string of the molecule is CSC(CO)C(C)NC1CCCc2c1cnn2C. The standard InChI is InChI=1S/C13H23N3OS/c1-9(13(8-17)18-3)15-11-5-4-6-12-10(11)7-14-16(12)2/h7,9,11,13,15,17H,4-6,8H2,1-3H3.